The summed E-state index contributed by atoms with van der Waals surface area (Å²) in [5.74, 6) is 0.732. The first kappa shape index (κ1) is 15.8. The van der Waals surface area contributed by atoms with E-state index in [1.165, 1.54) is 71.0 Å². The predicted molar refractivity (Wildman–Crippen MR) is 87.6 cm³/mol. The molecule has 0 aromatic carbocycles. The zero-order valence-corrected chi connectivity index (χ0v) is 13.9. The lowest BCUT2D eigenvalue weighted by Crippen LogP contribution is -2.49. The molecule has 1 N–H and O–H groups in total. The number of ether oxygens (including phenoxy) is 1. The molecule has 2 aliphatic heterocycles. The van der Waals surface area contributed by atoms with Crippen LogP contribution in [0.3, 0.4) is 0 Å². The molecule has 1 saturated carbocycles. The fourth-order valence-corrected chi connectivity index (χ4v) is 4.80. The summed E-state index contributed by atoms with van der Waals surface area (Å²) in [7, 11) is 0. The van der Waals surface area contributed by atoms with Crippen molar-refractivity contribution in [2.45, 2.75) is 64.3 Å². The number of nitrogens with zero attached hydrogens (tertiary/aromatic N) is 1. The maximum Gasteiger partial charge on any atom is 0.0510 e. The molecule has 3 aliphatic rings. The Morgan fingerprint density at radius 1 is 1.14 bits per heavy atom. The van der Waals surface area contributed by atoms with Crippen molar-refractivity contribution in [3.63, 3.8) is 0 Å². The third-order valence-corrected chi connectivity index (χ3v) is 6.29. The lowest BCUT2D eigenvalue weighted by Gasteiger charge is -2.45. The highest BCUT2D eigenvalue weighted by atomic mass is 16.5. The van der Waals surface area contributed by atoms with Crippen molar-refractivity contribution in [1.82, 2.24) is 10.2 Å². The number of likely N-dealkylation sites (N-methyl/N-ethyl adjacent to an activating group) is 1. The summed E-state index contributed by atoms with van der Waals surface area (Å²) < 4.78 is 5.61. The highest BCUT2D eigenvalue weighted by Crippen LogP contribution is 2.44. The Morgan fingerprint density at radius 2 is 1.90 bits per heavy atom. The maximum absolute atomic E-state index is 5.61. The molecule has 2 atom stereocenters. The summed E-state index contributed by atoms with van der Waals surface area (Å²) >= 11 is 0. The van der Waals surface area contributed by atoms with Gasteiger partial charge in [0.25, 0.3) is 0 Å². The third kappa shape index (κ3) is 4.00. The molecule has 3 rings (SSSR count). The monoisotopic (exact) mass is 294 g/mol. The van der Waals surface area contributed by atoms with E-state index >= 15 is 0 Å². The van der Waals surface area contributed by atoms with Crippen LogP contribution in [0, 0.1) is 11.3 Å². The quantitative estimate of drug-likeness (QED) is 0.843. The molecule has 1 spiro atoms. The third-order valence-electron chi connectivity index (χ3n) is 6.29. The first-order valence-corrected chi connectivity index (χ1v) is 9.35. The van der Waals surface area contributed by atoms with Crippen LogP contribution in [-0.2, 0) is 4.74 Å². The Bertz CT molecular complexity index is 298. The minimum atomic E-state index is 0.637. The Morgan fingerprint density at radius 3 is 2.52 bits per heavy atom. The molecule has 1 aliphatic carbocycles. The van der Waals surface area contributed by atoms with Crippen molar-refractivity contribution in [2.24, 2.45) is 11.3 Å². The molecule has 0 radical (unpaired) electrons. The summed E-state index contributed by atoms with van der Waals surface area (Å²) in [6.45, 7) is 9.14. The van der Waals surface area contributed by atoms with Crippen LogP contribution in [0.15, 0.2) is 0 Å². The van der Waals surface area contributed by atoms with Gasteiger partial charge in [0.2, 0.25) is 0 Å². The summed E-state index contributed by atoms with van der Waals surface area (Å²) in [6.07, 6.45) is 11.6. The average Bonchev–Trinajstić information content (AvgIpc) is 3.04. The van der Waals surface area contributed by atoms with Gasteiger partial charge in [-0.05, 0) is 57.2 Å². The number of hydrogen-bond donors (Lipinski definition) is 1. The van der Waals surface area contributed by atoms with Gasteiger partial charge in [0.1, 0.15) is 0 Å². The van der Waals surface area contributed by atoms with Crippen LogP contribution in [0.2, 0.25) is 0 Å². The molecule has 3 heteroatoms. The topological polar surface area (TPSA) is 24.5 Å². The summed E-state index contributed by atoms with van der Waals surface area (Å²) in [6, 6.07) is 0.637. The number of piperidine rings is 1. The molecule has 2 saturated heterocycles. The van der Waals surface area contributed by atoms with Crippen LogP contribution < -0.4 is 5.32 Å². The van der Waals surface area contributed by atoms with E-state index in [0.29, 0.717) is 6.04 Å². The molecular formula is C18H34N2O. The molecule has 0 aromatic heterocycles. The summed E-state index contributed by atoms with van der Waals surface area (Å²) in [4.78, 5) is 2.73. The van der Waals surface area contributed by atoms with Crippen molar-refractivity contribution in [1.29, 1.82) is 0 Å². The summed E-state index contributed by atoms with van der Waals surface area (Å²) in [5.41, 5.74) is 0.735. The number of nitrogens with one attached hydrogen (secondary N) is 1. The van der Waals surface area contributed by atoms with Gasteiger partial charge in [0.15, 0.2) is 0 Å². The van der Waals surface area contributed by atoms with Crippen molar-refractivity contribution >= 4 is 0 Å². The van der Waals surface area contributed by atoms with Gasteiger partial charge in [-0.1, -0.05) is 26.2 Å². The van der Waals surface area contributed by atoms with Gasteiger partial charge in [-0.25, -0.2) is 0 Å². The minimum absolute atomic E-state index is 0.637. The molecule has 2 heterocycles. The fourth-order valence-electron chi connectivity index (χ4n) is 4.80. The molecule has 0 bridgehead atoms. The zero-order chi connectivity index (χ0) is 14.5. The Hall–Kier alpha value is -0.120. The first-order valence-electron chi connectivity index (χ1n) is 9.35. The Labute approximate surface area is 130 Å². The minimum Gasteiger partial charge on any atom is -0.381 e. The van der Waals surface area contributed by atoms with Crippen molar-refractivity contribution in [3.05, 3.63) is 0 Å². The van der Waals surface area contributed by atoms with Gasteiger partial charge in [0, 0.05) is 25.1 Å². The maximum atomic E-state index is 5.61. The Kier molecular flexibility index (Phi) is 5.58. The highest BCUT2D eigenvalue weighted by molar-refractivity contribution is 4.90. The molecule has 21 heavy (non-hydrogen) atoms. The fraction of sp³-hybridized carbons (Fsp3) is 1.00. The van der Waals surface area contributed by atoms with E-state index in [9.17, 15) is 0 Å². The van der Waals surface area contributed by atoms with E-state index in [0.717, 1.165) is 31.1 Å². The van der Waals surface area contributed by atoms with E-state index in [-0.39, 0.29) is 0 Å². The lowest BCUT2D eigenvalue weighted by molar-refractivity contribution is 0.0577. The van der Waals surface area contributed by atoms with E-state index in [4.69, 9.17) is 4.74 Å². The molecule has 0 amide bonds. The van der Waals surface area contributed by atoms with E-state index in [1.54, 1.807) is 0 Å². The summed E-state index contributed by atoms with van der Waals surface area (Å²) in [5, 5.41) is 3.72. The number of rotatable bonds is 5. The molecule has 3 nitrogen and oxygen atoms in total. The lowest BCUT2D eigenvalue weighted by atomic mass is 9.68. The largest absolute Gasteiger partial charge is 0.381 e. The first-order chi connectivity index (χ1) is 10.3. The molecule has 122 valence electrons. The van der Waals surface area contributed by atoms with Gasteiger partial charge >= 0.3 is 0 Å². The number of hydrogen-bond acceptors (Lipinski definition) is 3. The van der Waals surface area contributed by atoms with E-state index in [1.807, 2.05) is 0 Å². The molecular weight excluding hydrogens is 260 g/mol. The van der Waals surface area contributed by atoms with Crippen LogP contribution in [0.5, 0.6) is 0 Å². The van der Waals surface area contributed by atoms with E-state index < -0.39 is 0 Å². The predicted octanol–water partition coefficient (Wildman–Crippen LogP) is 3.05. The second-order valence-electron chi connectivity index (χ2n) is 7.65. The SMILES string of the molecule is CCNC(CN1CCC2(CCCCC2)CC1)C1CCOC1. The van der Waals surface area contributed by atoms with Gasteiger partial charge in [-0.2, -0.15) is 0 Å². The number of likely N-dealkylation sites (tertiary alicyclic amines) is 1. The smallest absolute Gasteiger partial charge is 0.0510 e. The van der Waals surface area contributed by atoms with Gasteiger partial charge in [-0.15, -0.1) is 0 Å². The van der Waals surface area contributed by atoms with Gasteiger partial charge < -0.3 is 15.0 Å². The average molecular weight is 294 g/mol. The zero-order valence-electron chi connectivity index (χ0n) is 13.9. The normalized spacial score (nSPS) is 31.6. The standard InChI is InChI=1S/C18H34N2O/c1-2-19-17(16-6-13-21-15-16)14-20-11-9-18(10-12-20)7-4-3-5-8-18/h16-17,19H,2-15H2,1H3. The molecule has 0 aromatic rings. The highest BCUT2D eigenvalue weighted by Gasteiger charge is 2.36. The van der Waals surface area contributed by atoms with Crippen LogP contribution in [0.1, 0.15) is 58.3 Å². The Balaban J connectivity index is 1.48. The second kappa shape index (κ2) is 7.43. The molecule has 3 fully saturated rings. The van der Waals surface area contributed by atoms with Crippen LogP contribution in [0.4, 0.5) is 0 Å². The second-order valence-corrected chi connectivity index (χ2v) is 7.65. The van der Waals surface area contributed by atoms with Crippen molar-refractivity contribution in [2.75, 3.05) is 39.4 Å². The van der Waals surface area contributed by atoms with Crippen molar-refractivity contribution in [3.8, 4) is 0 Å². The molecule has 2 unspecified atom stereocenters. The van der Waals surface area contributed by atoms with Crippen LogP contribution in [-0.4, -0.2) is 50.3 Å². The van der Waals surface area contributed by atoms with Crippen LogP contribution in [0.25, 0.3) is 0 Å². The van der Waals surface area contributed by atoms with Gasteiger partial charge in [-0.3, -0.25) is 0 Å². The van der Waals surface area contributed by atoms with E-state index in [2.05, 4.69) is 17.1 Å². The van der Waals surface area contributed by atoms with Crippen molar-refractivity contribution < 1.29 is 4.74 Å². The van der Waals surface area contributed by atoms with Crippen LogP contribution >= 0.6 is 0 Å². The van der Waals surface area contributed by atoms with Gasteiger partial charge in [0.05, 0.1) is 6.61 Å².